The number of thioether (sulfide) groups is 1. The lowest BCUT2D eigenvalue weighted by Crippen LogP contribution is -2.09. The molecule has 0 unspecified atom stereocenters. The molecule has 0 spiro atoms. The van der Waals surface area contributed by atoms with E-state index < -0.39 is 10.9 Å². The molecule has 0 aromatic carbocycles. The molecule has 0 amide bonds. The Labute approximate surface area is 81.0 Å². The second-order valence-electron chi connectivity index (χ2n) is 2.25. The second-order valence-corrected chi connectivity index (χ2v) is 3.31. The molecular formula is C8H12O4S. The molecule has 0 N–H and O–H groups in total. The van der Waals surface area contributed by atoms with Crippen LogP contribution in [0.15, 0.2) is 0 Å². The first-order valence-corrected chi connectivity index (χ1v) is 4.89. The molecular weight excluding hydrogens is 192 g/mol. The Balaban J connectivity index is 3.50. The number of carbonyl (C=O) groups excluding carboxylic acids is 3. The Hall–Kier alpha value is -0.840. The van der Waals surface area contributed by atoms with Gasteiger partial charge in [-0.05, 0) is 6.92 Å². The molecule has 4 nitrogen and oxygen atoms in total. The Kier molecular flexibility index (Phi) is 6.22. The highest BCUT2D eigenvalue weighted by Gasteiger charge is 2.09. The lowest BCUT2D eigenvalue weighted by Gasteiger charge is -1.99. The van der Waals surface area contributed by atoms with Gasteiger partial charge in [-0.3, -0.25) is 14.4 Å². The van der Waals surface area contributed by atoms with Gasteiger partial charge in [-0.2, -0.15) is 0 Å². The molecule has 0 saturated heterocycles. The van der Waals surface area contributed by atoms with E-state index in [0.29, 0.717) is 12.4 Å². The van der Waals surface area contributed by atoms with Crippen molar-refractivity contribution in [3.8, 4) is 0 Å². The van der Waals surface area contributed by atoms with Gasteiger partial charge in [-0.25, -0.2) is 0 Å². The van der Waals surface area contributed by atoms with Crippen LogP contribution in [0.2, 0.25) is 0 Å². The fraction of sp³-hybridized carbons (Fsp3) is 0.625. The van der Waals surface area contributed by atoms with E-state index in [1.54, 1.807) is 6.92 Å². The molecule has 0 fully saturated rings. The summed E-state index contributed by atoms with van der Waals surface area (Å²) in [6.45, 7) is 3.26. The quantitative estimate of drug-likeness (QED) is 0.489. The molecule has 0 saturated carbocycles. The number of esters is 1. The summed E-state index contributed by atoms with van der Waals surface area (Å²) in [5.41, 5.74) is 0. The molecule has 0 aromatic heterocycles. The van der Waals surface area contributed by atoms with Gasteiger partial charge in [0, 0.05) is 12.7 Å². The first-order chi connectivity index (χ1) is 6.07. The zero-order valence-corrected chi connectivity index (χ0v) is 8.48. The van der Waals surface area contributed by atoms with E-state index in [9.17, 15) is 14.4 Å². The van der Waals surface area contributed by atoms with Crippen molar-refractivity contribution in [3.05, 3.63) is 0 Å². The largest absolute Gasteiger partial charge is 0.466 e. The highest BCUT2D eigenvalue weighted by Crippen LogP contribution is 2.05. The van der Waals surface area contributed by atoms with Crippen molar-refractivity contribution in [3.63, 3.8) is 0 Å². The fourth-order valence-corrected chi connectivity index (χ4v) is 1.22. The summed E-state index contributed by atoms with van der Waals surface area (Å²) in [4.78, 5) is 32.0. The first kappa shape index (κ1) is 12.2. The average Bonchev–Trinajstić information content (AvgIpc) is 2.04. The van der Waals surface area contributed by atoms with Crippen LogP contribution in [0, 0.1) is 0 Å². The van der Waals surface area contributed by atoms with Crippen molar-refractivity contribution in [2.45, 2.75) is 20.3 Å². The number of Topliss-reactive ketones (excluding diaryl/α,β-unsaturated/α-hetero) is 1. The maximum absolute atomic E-state index is 10.8. The summed E-state index contributed by atoms with van der Waals surface area (Å²) in [6.07, 6.45) is 0.164. The van der Waals surface area contributed by atoms with Crippen molar-refractivity contribution in [2.75, 3.05) is 12.4 Å². The van der Waals surface area contributed by atoms with Crippen LogP contribution in [-0.4, -0.2) is 29.2 Å². The summed E-state index contributed by atoms with van der Waals surface area (Å²) in [5.74, 6) is -0.530. The minimum absolute atomic E-state index is 0.164. The minimum Gasteiger partial charge on any atom is -0.466 e. The number of rotatable bonds is 5. The van der Waals surface area contributed by atoms with Gasteiger partial charge < -0.3 is 4.74 Å². The smallest absolute Gasteiger partial charge is 0.306 e. The third-order valence-corrected chi connectivity index (χ3v) is 2.09. The van der Waals surface area contributed by atoms with E-state index >= 15 is 0 Å². The van der Waals surface area contributed by atoms with Gasteiger partial charge in [0.2, 0.25) is 5.78 Å². The monoisotopic (exact) mass is 204 g/mol. The van der Waals surface area contributed by atoms with Crippen LogP contribution in [0.25, 0.3) is 0 Å². The normalized spacial score (nSPS) is 9.38. The lowest BCUT2D eigenvalue weighted by atomic mass is 10.5. The Bertz CT molecular complexity index is 212. The highest BCUT2D eigenvalue weighted by atomic mass is 32.2. The summed E-state index contributed by atoms with van der Waals surface area (Å²) >= 11 is 0.849. The molecule has 0 atom stereocenters. The number of ketones is 1. The van der Waals surface area contributed by atoms with E-state index in [1.807, 2.05) is 0 Å². The average molecular weight is 204 g/mol. The lowest BCUT2D eigenvalue weighted by molar-refractivity contribution is -0.142. The van der Waals surface area contributed by atoms with Gasteiger partial charge in [-0.1, -0.05) is 11.8 Å². The summed E-state index contributed by atoms with van der Waals surface area (Å²) in [5, 5.41) is -0.510. The van der Waals surface area contributed by atoms with Crippen LogP contribution < -0.4 is 0 Å². The molecule has 5 heteroatoms. The number of ether oxygens (including phenoxy) is 1. The van der Waals surface area contributed by atoms with Gasteiger partial charge in [0.05, 0.1) is 13.0 Å². The zero-order valence-electron chi connectivity index (χ0n) is 7.66. The van der Waals surface area contributed by atoms with E-state index in [-0.39, 0.29) is 12.4 Å². The molecule has 0 aromatic rings. The highest BCUT2D eigenvalue weighted by molar-refractivity contribution is 8.15. The van der Waals surface area contributed by atoms with Crippen molar-refractivity contribution in [2.24, 2.45) is 0 Å². The number of hydrogen-bond acceptors (Lipinski definition) is 5. The topological polar surface area (TPSA) is 60.4 Å². The Morgan fingerprint density at radius 3 is 2.38 bits per heavy atom. The van der Waals surface area contributed by atoms with Crippen LogP contribution in [-0.2, 0) is 19.1 Å². The van der Waals surface area contributed by atoms with Crippen molar-refractivity contribution >= 4 is 28.6 Å². The third kappa shape index (κ3) is 6.33. The summed E-state index contributed by atoms with van der Waals surface area (Å²) < 4.78 is 4.64. The van der Waals surface area contributed by atoms with Gasteiger partial charge in [0.15, 0.2) is 0 Å². The van der Waals surface area contributed by atoms with Gasteiger partial charge in [0.1, 0.15) is 0 Å². The van der Waals surface area contributed by atoms with Crippen LogP contribution in [0.1, 0.15) is 20.3 Å². The van der Waals surface area contributed by atoms with Crippen LogP contribution >= 0.6 is 11.8 Å². The van der Waals surface area contributed by atoms with Crippen molar-refractivity contribution < 1.29 is 19.1 Å². The van der Waals surface area contributed by atoms with Gasteiger partial charge >= 0.3 is 5.97 Å². The SMILES string of the molecule is CCOC(=O)CCSC(=O)C(C)=O. The van der Waals surface area contributed by atoms with E-state index in [4.69, 9.17) is 0 Å². The zero-order chi connectivity index (χ0) is 10.3. The van der Waals surface area contributed by atoms with Gasteiger partial charge in [0.25, 0.3) is 5.12 Å². The van der Waals surface area contributed by atoms with Gasteiger partial charge in [-0.15, -0.1) is 0 Å². The molecule has 0 aliphatic heterocycles. The fourth-order valence-electron chi connectivity index (χ4n) is 0.562. The Morgan fingerprint density at radius 1 is 1.31 bits per heavy atom. The molecule has 0 aliphatic carbocycles. The summed E-state index contributed by atoms with van der Waals surface area (Å²) in [7, 11) is 0. The molecule has 0 rings (SSSR count). The predicted molar refractivity (Wildman–Crippen MR) is 49.4 cm³/mol. The number of carbonyl (C=O) groups is 3. The van der Waals surface area contributed by atoms with E-state index in [0.717, 1.165) is 11.8 Å². The maximum atomic E-state index is 10.8. The van der Waals surface area contributed by atoms with Crippen LogP contribution in [0.4, 0.5) is 0 Å². The standard InChI is InChI=1S/C8H12O4S/c1-3-12-7(10)4-5-13-8(11)6(2)9/h3-5H2,1-2H3. The number of hydrogen-bond donors (Lipinski definition) is 0. The maximum Gasteiger partial charge on any atom is 0.306 e. The molecule has 74 valence electrons. The van der Waals surface area contributed by atoms with Crippen molar-refractivity contribution in [1.82, 2.24) is 0 Å². The first-order valence-electron chi connectivity index (χ1n) is 3.91. The Morgan fingerprint density at radius 2 is 1.92 bits per heavy atom. The molecule has 0 heterocycles. The van der Waals surface area contributed by atoms with Crippen LogP contribution in [0.3, 0.4) is 0 Å². The predicted octanol–water partition coefficient (Wildman–Crippen LogP) is 0.788. The molecule has 13 heavy (non-hydrogen) atoms. The third-order valence-electron chi connectivity index (χ3n) is 1.13. The molecule has 0 aliphatic rings. The van der Waals surface area contributed by atoms with E-state index in [2.05, 4.69) is 4.74 Å². The minimum atomic E-state index is -0.510. The van der Waals surface area contributed by atoms with E-state index in [1.165, 1.54) is 6.92 Å². The second kappa shape index (κ2) is 6.65. The molecule has 0 radical (unpaired) electrons. The molecule has 0 bridgehead atoms. The van der Waals surface area contributed by atoms with Crippen molar-refractivity contribution in [1.29, 1.82) is 0 Å². The summed E-state index contributed by atoms with van der Waals surface area (Å²) in [6, 6.07) is 0. The van der Waals surface area contributed by atoms with Crippen LogP contribution in [0.5, 0.6) is 0 Å².